The maximum atomic E-state index is 13.9. The van der Waals surface area contributed by atoms with Crippen LogP contribution >= 0.6 is 0 Å². The van der Waals surface area contributed by atoms with Crippen LogP contribution < -0.4 is 19.1 Å². The lowest BCUT2D eigenvalue weighted by Crippen LogP contribution is -2.42. The average Bonchev–Trinajstić information content (AvgIpc) is 3.41. The largest absolute Gasteiger partial charge is 0.491 e. The summed E-state index contributed by atoms with van der Waals surface area (Å²) in [5.74, 6) is 2.00. The van der Waals surface area contributed by atoms with Gasteiger partial charge in [0.1, 0.15) is 17.8 Å². The summed E-state index contributed by atoms with van der Waals surface area (Å²) in [6.07, 6.45) is 1.83. The van der Waals surface area contributed by atoms with Crippen molar-refractivity contribution in [2.45, 2.75) is 18.9 Å². The van der Waals surface area contributed by atoms with E-state index in [0.29, 0.717) is 23.8 Å². The number of amides is 1. The van der Waals surface area contributed by atoms with Crippen molar-refractivity contribution < 1.29 is 19.0 Å². The fourth-order valence-corrected chi connectivity index (χ4v) is 4.50. The molecule has 3 aliphatic heterocycles. The van der Waals surface area contributed by atoms with Crippen molar-refractivity contribution in [2.24, 2.45) is 0 Å². The van der Waals surface area contributed by atoms with E-state index < -0.39 is 5.41 Å². The van der Waals surface area contributed by atoms with E-state index in [1.165, 1.54) is 0 Å². The van der Waals surface area contributed by atoms with Crippen LogP contribution in [0.2, 0.25) is 0 Å². The van der Waals surface area contributed by atoms with E-state index in [-0.39, 0.29) is 19.3 Å². The van der Waals surface area contributed by atoms with Crippen molar-refractivity contribution in [3.8, 4) is 17.2 Å². The molecule has 0 bridgehead atoms. The number of fused-ring (bicyclic) bond motifs is 5. The molecule has 0 radical (unpaired) electrons. The van der Waals surface area contributed by atoms with E-state index in [1.807, 2.05) is 66.6 Å². The molecule has 1 atom stereocenters. The SMILES string of the molecule is Cc1ccc(CN2C(=O)C3(COc4cc5c(cc43)OCO5)c3ccccc32)cn1. The lowest BCUT2D eigenvalue weighted by molar-refractivity contribution is -0.122. The van der Waals surface area contributed by atoms with Gasteiger partial charge in [0.2, 0.25) is 12.7 Å². The number of carbonyl (C=O) groups is 1. The fourth-order valence-electron chi connectivity index (χ4n) is 4.50. The number of anilines is 1. The van der Waals surface area contributed by atoms with Crippen LogP contribution in [-0.4, -0.2) is 24.3 Å². The van der Waals surface area contributed by atoms with Gasteiger partial charge in [0.25, 0.3) is 0 Å². The quantitative estimate of drug-likeness (QED) is 0.676. The highest BCUT2D eigenvalue weighted by Crippen LogP contribution is 2.55. The summed E-state index contributed by atoms with van der Waals surface area (Å²) >= 11 is 0. The molecule has 0 saturated carbocycles. The number of rotatable bonds is 2. The number of pyridine rings is 1. The number of benzene rings is 2. The van der Waals surface area contributed by atoms with Crippen LogP contribution in [0.1, 0.15) is 22.4 Å². The third kappa shape index (κ3) is 2.17. The molecule has 1 amide bonds. The molecule has 3 aliphatic rings. The maximum absolute atomic E-state index is 13.9. The highest BCUT2D eigenvalue weighted by atomic mass is 16.7. The number of aromatic nitrogens is 1. The minimum absolute atomic E-state index is 0.0110. The van der Waals surface area contributed by atoms with Crippen molar-refractivity contribution in [2.75, 3.05) is 18.3 Å². The van der Waals surface area contributed by atoms with Gasteiger partial charge in [0.15, 0.2) is 11.5 Å². The van der Waals surface area contributed by atoms with E-state index in [1.54, 1.807) is 0 Å². The highest BCUT2D eigenvalue weighted by Gasteiger charge is 2.57. The summed E-state index contributed by atoms with van der Waals surface area (Å²) in [6, 6.07) is 15.6. The van der Waals surface area contributed by atoms with Crippen LogP contribution in [0.5, 0.6) is 17.2 Å². The average molecular weight is 386 g/mol. The Morgan fingerprint density at radius 3 is 2.66 bits per heavy atom. The minimum Gasteiger partial charge on any atom is -0.491 e. The van der Waals surface area contributed by atoms with E-state index in [4.69, 9.17) is 14.2 Å². The second-order valence-electron chi connectivity index (χ2n) is 7.61. The monoisotopic (exact) mass is 386 g/mol. The molecule has 4 heterocycles. The normalized spacial score (nSPS) is 20.7. The smallest absolute Gasteiger partial charge is 0.246 e. The molecule has 0 fully saturated rings. The zero-order valence-corrected chi connectivity index (χ0v) is 15.8. The van der Waals surface area contributed by atoms with Gasteiger partial charge in [-0.25, -0.2) is 0 Å². The van der Waals surface area contributed by atoms with Gasteiger partial charge in [0, 0.05) is 29.2 Å². The van der Waals surface area contributed by atoms with Crippen LogP contribution in [0.15, 0.2) is 54.7 Å². The molecule has 144 valence electrons. The van der Waals surface area contributed by atoms with Crippen LogP contribution in [-0.2, 0) is 16.8 Å². The van der Waals surface area contributed by atoms with Crippen molar-refractivity contribution in [3.05, 3.63) is 77.1 Å². The first-order valence-electron chi connectivity index (χ1n) is 9.57. The van der Waals surface area contributed by atoms with Gasteiger partial charge in [-0.05, 0) is 36.2 Å². The molecule has 6 heteroatoms. The molecule has 3 aromatic rings. The van der Waals surface area contributed by atoms with Crippen LogP contribution in [0.4, 0.5) is 5.69 Å². The van der Waals surface area contributed by atoms with Crippen LogP contribution in [0, 0.1) is 6.92 Å². The third-order valence-corrected chi connectivity index (χ3v) is 5.96. The van der Waals surface area contributed by atoms with Crippen molar-refractivity contribution in [3.63, 3.8) is 0 Å². The molecule has 0 aliphatic carbocycles. The Morgan fingerprint density at radius 1 is 1.00 bits per heavy atom. The zero-order chi connectivity index (χ0) is 19.6. The number of ether oxygens (including phenoxy) is 3. The van der Waals surface area contributed by atoms with Crippen LogP contribution in [0.25, 0.3) is 0 Å². The number of carbonyl (C=O) groups excluding carboxylic acids is 1. The fraction of sp³-hybridized carbons (Fsp3) is 0.217. The summed E-state index contributed by atoms with van der Waals surface area (Å²) < 4.78 is 17.1. The molecule has 2 aromatic carbocycles. The second kappa shape index (κ2) is 5.73. The summed E-state index contributed by atoms with van der Waals surface area (Å²) in [4.78, 5) is 20.1. The number of para-hydroxylation sites is 1. The molecule has 1 aromatic heterocycles. The van der Waals surface area contributed by atoms with Crippen molar-refractivity contribution >= 4 is 11.6 Å². The van der Waals surface area contributed by atoms with Gasteiger partial charge in [-0.3, -0.25) is 9.78 Å². The Labute approximate surface area is 167 Å². The Morgan fingerprint density at radius 2 is 1.83 bits per heavy atom. The topological polar surface area (TPSA) is 60.9 Å². The molecule has 6 rings (SSSR count). The Kier molecular flexibility index (Phi) is 3.25. The molecule has 1 spiro atoms. The summed E-state index contributed by atoms with van der Waals surface area (Å²) in [7, 11) is 0. The lowest BCUT2D eigenvalue weighted by atomic mass is 9.77. The standard InChI is InChI=1S/C23H18N2O4/c1-14-6-7-15(10-24-14)11-25-18-5-3-2-4-16(18)23(22(25)26)12-27-19-9-21-20(8-17(19)23)28-13-29-21/h2-10H,11-13H2,1H3. The van der Waals surface area contributed by atoms with E-state index in [0.717, 1.165) is 28.1 Å². The minimum atomic E-state index is -0.870. The van der Waals surface area contributed by atoms with Crippen LogP contribution in [0.3, 0.4) is 0 Å². The van der Waals surface area contributed by atoms with Gasteiger partial charge in [-0.1, -0.05) is 24.3 Å². The third-order valence-electron chi connectivity index (χ3n) is 5.96. The van der Waals surface area contributed by atoms with E-state index >= 15 is 0 Å². The van der Waals surface area contributed by atoms with Crippen molar-refractivity contribution in [1.29, 1.82) is 0 Å². The molecule has 1 unspecified atom stereocenters. The number of hydrogen-bond acceptors (Lipinski definition) is 5. The van der Waals surface area contributed by atoms with Gasteiger partial charge in [0.05, 0.1) is 6.54 Å². The molecule has 0 saturated heterocycles. The molecular weight excluding hydrogens is 368 g/mol. The Bertz CT molecular complexity index is 1160. The Hall–Kier alpha value is -3.54. The van der Waals surface area contributed by atoms with E-state index in [9.17, 15) is 4.79 Å². The summed E-state index contributed by atoms with van der Waals surface area (Å²) in [5, 5.41) is 0. The number of hydrogen-bond donors (Lipinski definition) is 0. The Balaban J connectivity index is 1.49. The number of aryl methyl sites for hydroxylation is 1. The first kappa shape index (κ1) is 16.4. The van der Waals surface area contributed by atoms with Gasteiger partial charge < -0.3 is 19.1 Å². The second-order valence-corrected chi connectivity index (χ2v) is 7.61. The lowest BCUT2D eigenvalue weighted by Gasteiger charge is -2.23. The van der Waals surface area contributed by atoms with Gasteiger partial charge >= 0.3 is 0 Å². The molecule has 0 N–H and O–H groups in total. The first-order valence-corrected chi connectivity index (χ1v) is 9.57. The predicted octanol–water partition coefficient (Wildman–Crippen LogP) is 3.34. The molecular formula is C23H18N2O4. The summed E-state index contributed by atoms with van der Waals surface area (Å²) in [5.41, 5.74) is 3.78. The molecule has 29 heavy (non-hydrogen) atoms. The predicted molar refractivity (Wildman–Crippen MR) is 105 cm³/mol. The van der Waals surface area contributed by atoms with Gasteiger partial charge in [-0.15, -0.1) is 0 Å². The molecule has 6 nitrogen and oxygen atoms in total. The maximum Gasteiger partial charge on any atom is 0.246 e. The summed E-state index contributed by atoms with van der Waals surface area (Å²) in [6.45, 7) is 2.86. The highest BCUT2D eigenvalue weighted by molar-refractivity contribution is 6.11. The zero-order valence-electron chi connectivity index (χ0n) is 15.8. The van der Waals surface area contributed by atoms with Gasteiger partial charge in [-0.2, -0.15) is 0 Å². The van der Waals surface area contributed by atoms with Crippen molar-refractivity contribution in [1.82, 2.24) is 4.98 Å². The number of nitrogens with zero attached hydrogens (tertiary/aromatic N) is 2. The first-order chi connectivity index (χ1) is 14.2. The van der Waals surface area contributed by atoms with E-state index in [2.05, 4.69) is 4.98 Å².